The first-order valence-electron chi connectivity index (χ1n) is 21.8. The molecule has 10 nitrogen and oxygen atoms in total. The molecule has 2 saturated carbocycles. The molecule has 10 heteroatoms. The van der Waals surface area contributed by atoms with Crippen LogP contribution < -0.4 is 0 Å². The molecule has 1 spiro atoms. The normalized spacial score (nSPS) is 36.8. The van der Waals surface area contributed by atoms with Gasteiger partial charge in [-0.3, -0.25) is 9.59 Å². The summed E-state index contributed by atoms with van der Waals surface area (Å²) in [6.07, 6.45) is 15.4. The molecule has 0 saturated heterocycles. The topological polar surface area (TPSA) is 168 Å². The molecule has 60 heavy (non-hydrogen) atoms. The van der Waals surface area contributed by atoms with Crippen LogP contribution in [0.5, 0.6) is 11.5 Å². The van der Waals surface area contributed by atoms with E-state index in [0.29, 0.717) is 36.7 Å². The van der Waals surface area contributed by atoms with Crippen molar-refractivity contribution in [1.82, 2.24) is 0 Å². The Morgan fingerprint density at radius 2 is 1.72 bits per heavy atom. The van der Waals surface area contributed by atoms with Gasteiger partial charge in [0.2, 0.25) is 11.4 Å². The lowest BCUT2D eigenvalue weighted by atomic mass is 9.41. The Bertz CT molecular complexity index is 2250. The molecule has 0 aromatic heterocycles. The number of allylic oxidation sites excluding steroid dienone is 8. The fourth-order valence-corrected chi connectivity index (χ4v) is 13.0. The molecule has 0 unspecified atom stereocenters. The van der Waals surface area contributed by atoms with Crippen LogP contribution in [0.3, 0.4) is 0 Å². The van der Waals surface area contributed by atoms with Gasteiger partial charge in [-0.25, -0.2) is 9.59 Å². The number of phenolic OH excluding ortho intramolecular Hbond substituents is 2. The highest BCUT2D eigenvalue weighted by Crippen LogP contribution is 2.74. The molecule has 1 aromatic rings. The number of aliphatic carboxylic acids is 1. The maximum atomic E-state index is 16.2. The van der Waals surface area contributed by atoms with E-state index in [-0.39, 0.29) is 69.3 Å². The number of rotatable bonds is 8. The molecule has 4 N–H and O–H groups in total. The third kappa shape index (κ3) is 6.12. The molecule has 0 amide bonds. The molecule has 1 heterocycles. The average Bonchev–Trinajstić information content (AvgIpc) is 3.48. The number of ether oxygens (including phenoxy) is 2. The van der Waals surface area contributed by atoms with E-state index in [1.54, 1.807) is 6.08 Å². The number of aliphatic hydroxyl groups is 1. The molecule has 11 atom stereocenters. The van der Waals surface area contributed by atoms with Crippen LogP contribution >= 0.6 is 0 Å². The Kier molecular flexibility index (Phi) is 10.1. The van der Waals surface area contributed by atoms with Crippen molar-refractivity contribution in [2.45, 2.75) is 112 Å². The summed E-state index contributed by atoms with van der Waals surface area (Å²) in [5, 5.41) is 41.7. The van der Waals surface area contributed by atoms with Crippen molar-refractivity contribution in [2.24, 2.45) is 57.7 Å². The van der Waals surface area contributed by atoms with E-state index in [0.717, 1.165) is 43.4 Å². The summed E-state index contributed by atoms with van der Waals surface area (Å²) in [5.41, 5.74) is 0.208. The number of aliphatic hydroxyl groups excluding tert-OH is 1. The molecule has 6 aliphatic carbocycles. The molecule has 1 aromatic carbocycles. The minimum Gasteiger partial charge on any atom is -0.508 e. The second-order valence-electron chi connectivity index (χ2n) is 20.1. The first kappa shape index (κ1) is 42.0. The van der Waals surface area contributed by atoms with Gasteiger partial charge in [0.05, 0.1) is 11.5 Å². The fraction of sp³-hybridized carbons (Fsp3) is 0.560. The van der Waals surface area contributed by atoms with Gasteiger partial charge in [0, 0.05) is 23.6 Å². The van der Waals surface area contributed by atoms with Gasteiger partial charge in [-0.1, -0.05) is 76.5 Å². The molecule has 0 radical (unpaired) electrons. The number of carbonyl (C=O) groups is 4. The minimum atomic E-state index is -2.34. The van der Waals surface area contributed by atoms with Crippen molar-refractivity contribution in [3.05, 3.63) is 93.3 Å². The summed E-state index contributed by atoms with van der Waals surface area (Å²) >= 11 is 0. The van der Waals surface area contributed by atoms with Crippen molar-refractivity contribution >= 4 is 23.5 Å². The minimum absolute atomic E-state index is 0.0383. The van der Waals surface area contributed by atoms with Crippen LogP contribution in [0.15, 0.2) is 82.2 Å². The molecule has 7 aliphatic rings. The molecule has 8 rings (SSSR count). The van der Waals surface area contributed by atoms with Gasteiger partial charge in [-0.15, -0.1) is 0 Å². The van der Waals surface area contributed by atoms with Crippen LogP contribution in [-0.2, 0) is 23.9 Å². The quantitative estimate of drug-likeness (QED) is 0.0863. The largest absolute Gasteiger partial charge is 0.508 e. The van der Waals surface area contributed by atoms with Crippen LogP contribution in [0.1, 0.15) is 109 Å². The maximum Gasteiger partial charge on any atom is 0.343 e. The molecular weight excluding hydrogens is 761 g/mol. The second-order valence-corrected chi connectivity index (χ2v) is 20.1. The van der Waals surface area contributed by atoms with Crippen LogP contribution in [0.4, 0.5) is 0 Å². The lowest BCUT2D eigenvalue weighted by Crippen LogP contribution is -2.64. The number of carbonyl (C=O) groups excluding carboxylic acids is 3. The number of esters is 1. The summed E-state index contributed by atoms with van der Waals surface area (Å²) in [5.74, 6) is -3.21. The van der Waals surface area contributed by atoms with Gasteiger partial charge < -0.3 is 29.9 Å². The highest BCUT2D eigenvalue weighted by Gasteiger charge is 2.71. The summed E-state index contributed by atoms with van der Waals surface area (Å²) in [6, 6.07) is 2.31. The number of hydrogen-bond donors (Lipinski definition) is 4. The van der Waals surface area contributed by atoms with Crippen LogP contribution in [0.25, 0.3) is 0 Å². The fourth-order valence-electron chi connectivity index (χ4n) is 13.0. The Morgan fingerprint density at radius 3 is 2.40 bits per heavy atom. The summed E-state index contributed by atoms with van der Waals surface area (Å²) < 4.78 is 12.2. The van der Waals surface area contributed by atoms with Crippen LogP contribution in [-0.4, -0.2) is 62.2 Å². The Balaban J connectivity index is 1.37. The first-order chi connectivity index (χ1) is 28.2. The zero-order valence-electron chi connectivity index (χ0n) is 36.1. The predicted octanol–water partition coefficient (Wildman–Crippen LogP) is 8.66. The van der Waals surface area contributed by atoms with E-state index >= 15 is 4.79 Å². The van der Waals surface area contributed by atoms with Gasteiger partial charge in [0.15, 0.2) is 5.78 Å². The number of aromatic hydroxyl groups is 2. The monoisotopic (exact) mass is 820 g/mol. The Labute approximate surface area is 352 Å². The van der Waals surface area contributed by atoms with Gasteiger partial charge in [0.1, 0.15) is 29.4 Å². The van der Waals surface area contributed by atoms with Gasteiger partial charge in [0.25, 0.3) is 0 Å². The van der Waals surface area contributed by atoms with E-state index in [9.17, 15) is 34.8 Å². The predicted molar refractivity (Wildman–Crippen MR) is 225 cm³/mol. The van der Waals surface area contributed by atoms with Crippen LogP contribution in [0.2, 0.25) is 0 Å². The van der Waals surface area contributed by atoms with E-state index < -0.39 is 52.3 Å². The van der Waals surface area contributed by atoms with Crippen molar-refractivity contribution in [1.29, 1.82) is 0 Å². The highest BCUT2D eigenvalue weighted by atomic mass is 16.6. The number of phenols is 2. The standard InChI is InChI=1S/C50H60O10/c1-25(2)26(3)9-10-27(4)36-18-29-23-50(38-20-30-19-31(51)13-15-47(30,6)35-14-16-48(36,7)43(29)42(35)38)37-22-33(11-12-40(54)55)59-24-34(37)44(56)49(8,46(50)58)60-45(57)41-28(5)17-32(52)21-39(41)53/h9-12,17,20-22,25-27,29,31,35-36,38,51-53H,13-16,18-19,23-24H2,1-8H3,(H,54,55)/t26-,27+,29+,31-,35-,36+,38+,47-,48+,49-,50-/m0/s1. The Hall–Kier alpha value is -4.70. The van der Waals surface area contributed by atoms with Crippen molar-refractivity contribution in [3.8, 4) is 11.5 Å². The number of benzene rings is 1. The van der Waals surface area contributed by atoms with Crippen molar-refractivity contribution < 1.29 is 49.1 Å². The number of carboxylic acid groups (broad SMARTS) is 1. The number of fused-ring (bicyclic) bond motifs is 4. The van der Waals surface area contributed by atoms with Gasteiger partial charge in [-0.05, 0) is 134 Å². The first-order valence-corrected chi connectivity index (χ1v) is 21.8. The van der Waals surface area contributed by atoms with Crippen LogP contribution in [0, 0.1) is 64.6 Å². The smallest absolute Gasteiger partial charge is 0.343 e. The van der Waals surface area contributed by atoms with E-state index in [4.69, 9.17) is 9.47 Å². The molecular formula is C50H60O10. The van der Waals surface area contributed by atoms with Gasteiger partial charge in [-0.2, -0.15) is 0 Å². The average molecular weight is 821 g/mol. The lowest BCUT2D eigenvalue weighted by Gasteiger charge is -2.62. The zero-order valence-corrected chi connectivity index (χ0v) is 36.1. The van der Waals surface area contributed by atoms with E-state index in [2.05, 4.69) is 59.8 Å². The van der Waals surface area contributed by atoms with Gasteiger partial charge >= 0.3 is 11.9 Å². The lowest BCUT2D eigenvalue weighted by molar-refractivity contribution is -0.158. The number of Topliss-reactive ketones (excluding diaryl/α,β-unsaturated/α-hetero) is 2. The molecule has 0 bridgehead atoms. The second kappa shape index (κ2) is 14.5. The SMILES string of the molecule is Cc1cc(O)cc(O)c1C(=O)O[C@@]1(C)C(=O)C2=C(C=C(C=CC(=O)O)OC2)[C@]2(C[C@H]3C[C@H]([C@H](C)C=C[C@H](C)C(C)C)[C@@]4(C)CC[C@H]5C(=C34)[C@H]2C=C2C[C@@H](O)CC[C@@]25C)C1=O. The Morgan fingerprint density at radius 1 is 1.00 bits per heavy atom. The van der Waals surface area contributed by atoms with E-state index in [1.165, 1.54) is 37.1 Å². The molecule has 1 aliphatic heterocycles. The van der Waals surface area contributed by atoms with Crippen molar-refractivity contribution in [3.63, 3.8) is 0 Å². The number of hydrogen-bond acceptors (Lipinski definition) is 9. The third-order valence-electron chi connectivity index (χ3n) is 16.4. The summed E-state index contributed by atoms with van der Waals surface area (Å²) in [6.45, 7) is 16.4. The third-order valence-corrected chi connectivity index (χ3v) is 16.4. The number of carboxylic acids is 1. The zero-order chi connectivity index (χ0) is 43.4. The maximum absolute atomic E-state index is 16.2. The molecule has 2 fully saturated rings. The van der Waals surface area contributed by atoms with E-state index in [1.807, 2.05) is 0 Å². The number of aryl methyl sites for hydroxylation is 1. The molecule has 320 valence electrons. The summed E-state index contributed by atoms with van der Waals surface area (Å²) in [7, 11) is 0. The van der Waals surface area contributed by atoms with Crippen molar-refractivity contribution in [2.75, 3.05) is 6.61 Å². The highest BCUT2D eigenvalue weighted by molar-refractivity contribution is 6.24. The summed E-state index contributed by atoms with van der Waals surface area (Å²) in [4.78, 5) is 57.0. The number of ketones is 2.